The van der Waals surface area contributed by atoms with Crippen molar-refractivity contribution in [3.8, 4) is 6.07 Å². The molecule has 0 unspecified atom stereocenters. The fourth-order valence-corrected chi connectivity index (χ4v) is 4.29. The van der Waals surface area contributed by atoms with Crippen molar-refractivity contribution < 1.29 is 14.4 Å². The molecule has 7 heteroatoms. The van der Waals surface area contributed by atoms with Crippen LogP contribution in [-0.2, 0) is 16.9 Å². The van der Waals surface area contributed by atoms with E-state index >= 15 is 0 Å². The Labute approximate surface area is 192 Å². The van der Waals surface area contributed by atoms with Crippen LogP contribution in [0.5, 0.6) is 0 Å². The molecule has 2 heterocycles. The van der Waals surface area contributed by atoms with E-state index in [1.807, 2.05) is 53.1 Å². The number of urea groups is 1. The summed E-state index contributed by atoms with van der Waals surface area (Å²) in [6.45, 7) is 5.94. The summed E-state index contributed by atoms with van der Waals surface area (Å²) in [5, 5.41) is 12.4. The first-order chi connectivity index (χ1) is 15.8. The molecule has 1 atom stereocenters. The number of benzene rings is 2. The fourth-order valence-electron chi connectivity index (χ4n) is 4.29. The summed E-state index contributed by atoms with van der Waals surface area (Å²) >= 11 is 0. The number of aromatic nitrogens is 1. The van der Waals surface area contributed by atoms with E-state index in [-0.39, 0.29) is 12.3 Å². The molecule has 4 rings (SSSR count). The number of amides is 3. The van der Waals surface area contributed by atoms with Gasteiger partial charge in [0.1, 0.15) is 5.54 Å². The highest BCUT2D eigenvalue weighted by molar-refractivity contribution is 6.14. The van der Waals surface area contributed by atoms with Crippen molar-refractivity contribution in [1.82, 2.24) is 14.8 Å². The molecule has 2 aromatic carbocycles. The van der Waals surface area contributed by atoms with Crippen LogP contribution in [0, 0.1) is 11.3 Å². The van der Waals surface area contributed by atoms with Gasteiger partial charge in [0.2, 0.25) is 0 Å². The number of Topliss-reactive ketones (excluding diaryl/α,β-unsaturated/α-hetero) is 1. The molecule has 0 saturated carbocycles. The highest BCUT2D eigenvalue weighted by atomic mass is 16.2. The minimum Gasteiger partial charge on any atom is -0.346 e. The summed E-state index contributed by atoms with van der Waals surface area (Å²) in [4.78, 5) is 40.2. The Morgan fingerprint density at radius 2 is 1.82 bits per heavy atom. The maximum atomic E-state index is 13.3. The second-order valence-corrected chi connectivity index (χ2v) is 8.81. The van der Waals surface area contributed by atoms with E-state index < -0.39 is 17.5 Å². The maximum Gasteiger partial charge on any atom is 0.325 e. The molecule has 168 valence electrons. The Morgan fingerprint density at radius 1 is 1.12 bits per heavy atom. The SMILES string of the molecule is CC(C)c1ccc([C@]2(C)NC(=O)N(CC(=O)c3cn(CCC#N)c4ccccc34)C2=O)cc1. The number of rotatable bonds is 7. The molecule has 33 heavy (non-hydrogen) atoms. The number of nitrogens with one attached hydrogen (secondary N) is 1. The van der Waals surface area contributed by atoms with Crippen molar-refractivity contribution in [3.05, 3.63) is 71.4 Å². The number of fused-ring (bicyclic) bond motifs is 1. The second kappa shape index (κ2) is 8.55. The molecular weight excluding hydrogens is 416 g/mol. The number of aryl methyl sites for hydroxylation is 1. The molecule has 1 fully saturated rings. The highest BCUT2D eigenvalue weighted by Crippen LogP contribution is 2.31. The molecule has 0 aliphatic carbocycles. The number of imide groups is 1. The predicted molar refractivity (Wildman–Crippen MR) is 125 cm³/mol. The Morgan fingerprint density at radius 3 is 2.48 bits per heavy atom. The van der Waals surface area contributed by atoms with Crippen LogP contribution in [-0.4, -0.2) is 33.7 Å². The lowest BCUT2D eigenvalue weighted by molar-refractivity contribution is -0.130. The normalized spacial score (nSPS) is 18.1. The molecule has 1 aromatic heterocycles. The van der Waals surface area contributed by atoms with Gasteiger partial charge >= 0.3 is 6.03 Å². The Bertz CT molecular complexity index is 1280. The highest BCUT2D eigenvalue weighted by Gasteiger charge is 2.49. The summed E-state index contributed by atoms with van der Waals surface area (Å²) in [6.07, 6.45) is 2.01. The molecule has 1 saturated heterocycles. The lowest BCUT2D eigenvalue weighted by atomic mass is 9.90. The average Bonchev–Trinajstić information content (AvgIpc) is 3.28. The second-order valence-electron chi connectivity index (χ2n) is 8.81. The van der Waals surface area contributed by atoms with Gasteiger partial charge in [-0.05, 0) is 30.0 Å². The van der Waals surface area contributed by atoms with Crippen molar-refractivity contribution in [2.45, 2.75) is 45.2 Å². The zero-order chi connectivity index (χ0) is 23.8. The molecule has 0 radical (unpaired) electrons. The van der Waals surface area contributed by atoms with Gasteiger partial charge in [-0.15, -0.1) is 0 Å². The average molecular weight is 443 g/mol. The van der Waals surface area contributed by atoms with E-state index in [0.717, 1.165) is 21.4 Å². The fraction of sp³-hybridized carbons (Fsp3) is 0.308. The summed E-state index contributed by atoms with van der Waals surface area (Å²) < 4.78 is 1.86. The Hall–Kier alpha value is -3.92. The van der Waals surface area contributed by atoms with Crippen LogP contribution in [0.3, 0.4) is 0 Å². The van der Waals surface area contributed by atoms with Crippen LogP contribution >= 0.6 is 0 Å². The van der Waals surface area contributed by atoms with Gasteiger partial charge < -0.3 is 9.88 Å². The number of hydrogen-bond acceptors (Lipinski definition) is 4. The van der Waals surface area contributed by atoms with E-state index in [1.165, 1.54) is 0 Å². The van der Waals surface area contributed by atoms with Crippen molar-refractivity contribution in [2.75, 3.05) is 6.54 Å². The summed E-state index contributed by atoms with van der Waals surface area (Å²) in [5.41, 5.74) is 1.85. The van der Waals surface area contributed by atoms with E-state index in [4.69, 9.17) is 5.26 Å². The van der Waals surface area contributed by atoms with E-state index in [2.05, 4.69) is 25.2 Å². The molecular formula is C26H26N4O3. The van der Waals surface area contributed by atoms with Crippen LogP contribution in [0.4, 0.5) is 4.79 Å². The minimum absolute atomic E-state index is 0.313. The van der Waals surface area contributed by atoms with Crippen LogP contribution < -0.4 is 5.32 Å². The standard InChI is InChI=1S/C26H26N4O3/c1-17(2)18-9-11-19(12-10-18)26(3)24(32)30(25(33)28-26)16-23(31)21-15-29(14-6-13-27)22-8-5-4-7-20(21)22/h4-5,7-12,15,17H,6,14,16H2,1-3H3,(H,28,33)/t26-/m0/s1. The first-order valence-corrected chi connectivity index (χ1v) is 11.0. The number of nitrogens with zero attached hydrogens (tertiary/aromatic N) is 3. The molecule has 1 aliphatic heterocycles. The maximum absolute atomic E-state index is 13.3. The first kappa shape index (κ1) is 22.3. The summed E-state index contributed by atoms with van der Waals surface area (Å²) in [6, 6.07) is 16.5. The first-order valence-electron chi connectivity index (χ1n) is 11.0. The minimum atomic E-state index is -1.23. The summed E-state index contributed by atoms with van der Waals surface area (Å²) in [5.74, 6) is -0.429. The zero-order valence-electron chi connectivity index (χ0n) is 19.0. The number of para-hydroxylation sites is 1. The molecule has 0 spiro atoms. The van der Waals surface area contributed by atoms with Gasteiger partial charge in [-0.1, -0.05) is 56.3 Å². The monoisotopic (exact) mass is 442 g/mol. The van der Waals surface area contributed by atoms with E-state index in [1.54, 1.807) is 13.1 Å². The zero-order valence-corrected chi connectivity index (χ0v) is 19.0. The third-order valence-electron chi connectivity index (χ3n) is 6.28. The van der Waals surface area contributed by atoms with Gasteiger partial charge in [-0.3, -0.25) is 14.5 Å². The van der Waals surface area contributed by atoms with Crippen molar-refractivity contribution in [3.63, 3.8) is 0 Å². The van der Waals surface area contributed by atoms with Gasteiger partial charge in [0, 0.05) is 29.2 Å². The molecule has 1 aliphatic rings. The largest absolute Gasteiger partial charge is 0.346 e. The van der Waals surface area contributed by atoms with E-state index in [9.17, 15) is 14.4 Å². The van der Waals surface area contributed by atoms with Gasteiger partial charge in [0.25, 0.3) is 5.91 Å². The smallest absolute Gasteiger partial charge is 0.325 e. The molecule has 0 bridgehead atoms. The number of hydrogen-bond donors (Lipinski definition) is 1. The Balaban J connectivity index is 1.60. The van der Waals surface area contributed by atoms with Crippen LogP contribution in [0.15, 0.2) is 54.7 Å². The number of carbonyl (C=O) groups is 3. The van der Waals surface area contributed by atoms with Crippen LogP contribution in [0.1, 0.15) is 54.6 Å². The number of carbonyl (C=O) groups excluding carboxylic acids is 3. The number of nitriles is 1. The van der Waals surface area contributed by atoms with E-state index in [0.29, 0.717) is 30.0 Å². The van der Waals surface area contributed by atoms with Crippen LogP contribution in [0.2, 0.25) is 0 Å². The third kappa shape index (κ3) is 3.89. The molecule has 3 aromatic rings. The molecule has 1 N–H and O–H groups in total. The quantitative estimate of drug-likeness (QED) is 0.435. The van der Waals surface area contributed by atoms with Gasteiger partial charge in [-0.2, -0.15) is 5.26 Å². The summed E-state index contributed by atoms with van der Waals surface area (Å²) in [7, 11) is 0. The Kier molecular flexibility index (Phi) is 5.77. The lowest BCUT2D eigenvalue weighted by Crippen LogP contribution is -2.41. The predicted octanol–water partition coefficient (Wildman–Crippen LogP) is 4.33. The van der Waals surface area contributed by atoms with Gasteiger partial charge in [0.15, 0.2) is 5.78 Å². The van der Waals surface area contributed by atoms with Gasteiger partial charge in [-0.25, -0.2) is 4.79 Å². The van der Waals surface area contributed by atoms with Crippen molar-refractivity contribution >= 4 is 28.6 Å². The topological polar surface area (TPSA) is 95.2 Å². The van der Waals surface area contributed by atoms with Crippen molar-refractivity contribution in [1.29, 1.82) is 5.26 Å². The molecule has 7 nitrogen and oxygen atoms in total. The number of ketones is 1. The molecule has 3 amide bonds. The lowest BCUT2D eigenvalue weighted by Gasteiger charge is -2.22. The van der Waals surface area contributed by atoms with Crippen LogP contribution in [0.25, 0.3) is 10.9 Å². The van der Waals surface area contributed by atoms with Crippen molar-refractivity contribution in [2.24, 2.45) is 0 Å². The third-order valence-corrected chi connectivity index (χ3v) is 6.28. The van der Waals surface area contributed by atoms with Gasteiger partial charge in [0.05, 0.1) is 19.0 Å².